The van der Waals surface area contributed by atoms with Gasteiger partial charge in [0.2, 0.25) is 0 Å². The van der Waals surface area contributed by atoms with Crippen LogP contribution in [0.4, 0.5) is 0 Å². The Morgan fingerprint density at radius 1 is 0.328 bits per heavy atom. The van der Waals surface area contributed by atoms with Crippen LogP contribution in [0, 0.1) is 0 Å². The Morgan fingerprint density at radius 3 is 0.969 bits per heavy atom. The van der Waals surface area contributed by atoms with E-state index in [4.69, 9.17) is 14.2 Å². The maximum absolute atomic E-state index is 12.8. The number of ether oxygens (including phenoxy) is 3. The number of carbonyl (C=O) groups excluding carboxylic acids is 3. The molecule has 0 heterocycles. The molecule has 0 saturated carbocycles. The molecule has 0 aliphatic carbocycles. The molecule has 6 heteroatoms. The summed E-state index contributed by atoms with van der Waals surface area (Å²) in [6, 6.07) is 0. The molecule has 0 spiro atoms. The van der Waals surface area contributed by atoms with Crippen molar-refractivity contribution in [3.8, 4) is 0 Å². The summed E-state index contributed by atoms with van der Waals surface area (Å²) in [6.07, 6.45) is 63.8. The number of rotatable bonds is 50. The average molecular weight is 897 g/mol. The largest absolute Gasteiger partial charge is 0.462 e. The SMILES string of the molecule is CC/C=C\C/C=C\CCCCCCCCCC(=O)OCC(COC(=O)CCCCCCCCC/C=C\C/C=C\CCCCC)OC(=O)CCCCCCCCCCCCCCCCC. The summed E-state index contributed by atoms with van der Waals surface area (Å²) in [7, 11) is 0. The molecule has 0 radical (unpaired) electrons. The zero-order valence-electron chi connectivity index (χ0n) is 42.6. The van der Waals surface area contributed by atoms with E-state index in [2.05, 4.69) is 69.4 Å². The molecule has 0 rings (SSSR count). The van der Waals surface area contributed by atoms with E-state index in [0.29, 0.717) is 19.3 Å². The minimum Gasteiger partial charge on any atom is -0.462 e. The highest BCUT2D eigenvalue weighted by Gasteiger charge is 2.19. The molecule has 372 valence electrons. The lowest BCUT2D eigenvalue weighted by Crippen LogP contribution is -2.30. The van der Waals surface area contributed by atoms with Crippen LogP contribution in [0.3, 0.4) is 0 Å². The normalized spacial score (nSPS) is 12.4. The minimum absolute atomic E-state index is 0.0773. The Balaban J connectivity index is 4.37. The first-order valence-corrected chi connectivity index (χ1v) is 27.6. The van der Waals surface area contributed by atoms with Crippen LogP contribution in [0.15, 0.2) is 48.6 Å². The third-order valence-corrected chi connectivity index (χ3v) is 12.1. The molecule has 0 aliphatic rings. The van der Waals surface area contributed by atoms with Crippen LogP contribution >= 0.6 is 0 Å². The van der Waals surface area contributed by atoms with E-state index in [-0.39, 0.29) is 31.1 Å². The predicted octanol–water partition coefficient (Wildman–Crippen LogP) is 18.3. The number of esters is 3. The summed E-state index contributed by atoms with van der Waals surface area (Å²) >= 11 is 0. The van der Waals surface area contributed by atoms with Gasteiger partial charge in [-0.15, -0.1) is 0 Å². The fourth-order valence-corrected chi connectivity index (χ4v) is 7.92. The first kappa shape index (κ1) is 61.4. The van der Waals surface area contributed by atoms with E-state index in [0.717, 1.165) is 89.9 Å². The molecule has 0 N–H and O–H groups in total. The summed E-state index contributed by atoms with van der Waals surface area (Å²) in [5.41, 5.74) is 0. The van der Waals surface area contributed by atoms with Gasteiger partial charge in [-0.3, -0.25) is 14.4 Å². The number of allylic oxidation sites excluding steroid dienone is 8. The Bertz CT molecular complexity index is 1120. The van der Waals surface area contributed by atoms with Crippen LogP contribution in [0.1, 0.15) is 284 Å². The molecule has 1 atom stereocenters. The number of unbranched alkanes of at least 4 members (excludes halogenated alkanes) is 31. The van der Waals surface area contributed by atoms with Crippen molar-refractivity contribution < 1.29 is 28.6 Å². The van der Waals surface area contributed by atoms with E-state index in [1.807, 2.05) is 0 Å². The lowest BCUT2D eigenvalue weighted by Gasteiger charge is -2.18. The van der Waals surface area contributed by atoms with Gasteiger partial charge in [0.05, 0.1) is 0 Å². The Morgan fingerprint density at radius 2 is 0.609 bits per heavy atom. The van der Waals surface area contributed by atoms with Crippen LogP contribution < -0.4 is 0 Å². The summed E-state index contributed by atoms with van der Waals surface area (Å²) in [4.78, 5) is 38.1. The van der Waals surface area contributed by atoms with Gasteiger partial charge in [0.1, 0.15) is 13.2 Å². The van der Waals surface area contributed by atoms with Crippen LogP contribution in [0.5, 0.6) is 0 Å². The maximum Gasteiger partial charge on any atom is 0.306 e. The van der Waals surface area contributed by atoms with Crippen LogP contribution in [-0.4, -0.2) is 37.2 Å². The van der Waals surface area contributed by atoms with Crippen molar-refractivity contribution >= 4 is 17.9 Å². The standard InChI is InChI=1S/C58H104O6/c1-4-7-10-13-16-19-22-25-28-29-31-33-36-39-42-45-48-51-57(60)63-54-55(53-62-56(59)50-47-44-41-38-35-32-27-24-21-18-15-12-9-6-3)64-58(61)52-49-46-43-40-37-34-30-26-23-20-17-14-11-8-5-2/h9,12,16,18-19,21,25,28,55H,4-8,10-11,13-15,17,20,22-24,26-27,29-54H2,1-3H3/b12-9-,19-16-,21-18-,28-25-. The quantitative estimate of drug-likeness (QED) is 0.0262. The first-order valence-electron chi connectivity index (χ1n) is 27.6. The van der Waals surface area contributed by atoms with Crippen molar-refractivity contribution in [3.63, 3.8) is 0 Å². The smallest absolute Gasteiger partial charge is 0.306 e. The summed E-state index contributed by atoms with van der Waals surface area (Å²) in [5, 5.41) is 0. The van der Waals surface area contributed by atoms with Gasteiger partial charge in [-0.1, -0.05) is 236 Å². The number of hydrogen-bond acceptors (Lipinski definition) is 6. The summed E-state index contributed by atoms with van der Waals surface area (Å²) in [5.74, 6) is -0.880. The van der Waals surface area contributed by atoms with Gasteiger partial charge >= 0.3 is 17.9 Å². The van der Waals surface area contributed by atoms with Gasteiger partial charge in [-0.05, 0) is 77.0 Å². The summed E-state index contributed by atoms with van der Waals surface area (Å²) < 4.78 is 16.8. The molecule has 0 amide bonds. The molecular formula is C58H104O6. The molecule has 0 aromatic rings. The topological polar surface area (TPSA) is 78.9 Å². The van der Waals surface area contributed by atoms with E-state index < -0.39 is 6.10 Å². The Labute approximate surface area is 397 Å². The molecule has 0 aliphatic heterocycles. The fourth-order valence-electron chi connectivity index (χ4n) is 7.92. The molecule has 0 aromatic heterocycles. The van der Waals surface area contributed by atoms with Crippen LogP contribution in [0.25, 0.3) is 0 Å². The van der Waals surface area contributed by atoms with Gasteiger partial charge in [-0.2, -0.15) is 0 Å². The molecule has 1 unspecified atom stereocenters. The van der Waals surface area contributed by atoms with Crippen molar-refractivity contribution in [3.05, 3.63) is 48.6 Å². The molecule has 0 fully saturated rings. The second-order valence-corrected chi connectivity index (χ2v) is 18.5. The van der Waals surface area contributed by atoms with Crippen molar-refractivity contribution in [1.29, 1.82) is 0 Å². The maximum atomic E-state index is 12.8. The minimum atomic E-state index is -0.777. The number of hydrogen-bond donors (Lipinski definition) is 0. The summed E-state index contributed by atoms with van der Waals surface area (Å²) in [6.45, 7) is 6.52. The van der Waals surface area contributed by atoms with Crippen LogP contribution in [-0.2, 0) is 28.6 Å². The highest BCUT2D eigenvalue weighted by atomic mass is 16.6. The van der Waals surface area contributed by atoms with Crippen molar-refractivity contribution in [1.82, 2.24) is 0 Å². The average Bonchev–Trinajstić information content (AvgIpc) is 3.29. The van der Waals surface area contributed by atoms with E-state index in [1.165, 1.54) is 154 Å². The highest BCUT2D eigenvalue weighted by Crippen LogP contribution is 2.16. The zero-order valence-corrected chi connectivity index (χ0v) is 42.6. The zero-order chi connectivity index (χ0) is 46.5. The number of carbonyl (C=O) groups is 3. The monoisotopic (exact) mass is 897 g/mol. The van der Waals surface area contributed by atoms with Gasteiger partial charge in [0.15, 0.2) is 6.10 Å². The Hall–Kier alpha value is -2.63. The highest BCUT2D eigenvalue weighted by molar-refractivity contribution is 5.71. The van der Waals surface area contributed by atoms with E-state index in [1.54, 1.807) is 0 Å². The Kier molecular flexibility index (Phi) is 50.8. The molecule has 6 nitrogen and oxygen atoms in total. The van der Waals surface area contributed by atoms with E-state index in [9.17, 15) is 14.4 Å². The molecular weight excluding hydrogens is 793 g/mol. The van der Waals surface area contributed by atoms with Gasteiger partial charge < -0.3 is 14.2 Å². The first-order chi connectivity index (χ1) is 31.5. The molecule has 64 heavy (non-hydrogen) atoms. The lowest BCUT2D eigenvalue weighted by molar-refractivity contribution is -0.167. The van der Waals surface area contributed by atoms with Gasteiger partial charge in [0.25, 0.3) is 0 Å². The van der Waals surface area contributed by atoms with Crippen molar-refractivity contribution in [2.24, 2.45) is 0 Å². The van der Waals surface area contributed by atoms with Crippen molar-refractivity contribution in [2.75, 3.05) is 13.2 Å². The second-order valence-electron chi connectivity index (χ2n) is 18.5. The lowest BCUT2D eigenvalue weighted by atomic mass is 10.0. The molecule has 0 aromatic carbocycles. The third-order valence-electron chi connectivity index (χ3n) is 12.1. The van der Waals surface area contributed by atoms with Gasteiger partial charge in [-0.25, -0.2) is 0 Å². The fraction of sp³-hybridized carbons (Fsp3) is 0.810. The third kappa shape index (κ3) is 50.4. The molecule has 0 bridgehead atoms. The van der Waals surface area contributed by atoms with E-state index >= 15 is 0 Å². The molecule has 0 saturated heterocycles. The second kappa shape index (κ2) is 53.0. The predicted molar refractivity (Wildman–Crippen MR) is 275 cm³/mol. The van der Waals surface area contributed by atoms with Gasteiger partial charge in [0, 0.05) is 19.3 Å². The van der Waals surface area contributed by atoms with Crippen LogP contribution in [0.2, 0.25) is 0 Å². The van der Waals surface area contributed by atoms with Crippen molar-refractivity contribution in [2.45, 2.75) is 290 Å².